The Balaban J connectivity index is 2.19. The Bertz CT molecular complexity index is 677. The molecule has 0 aliphatic heterocycles. The van der Waals surface area contributed by atoms with Crippen molar-refractivity contribution in [1.29, 1.82) is 5.26 Å². The Kier molecular flexibility index (Phi) is 4.89. The number of pyridine rings is 1. The van der Waals surface area contributed by atoms with Crippen LogP contribution in [0.25, 0.3) is 0 Å². The number of carbonyl (C=O) groups is 1. The van der Waals surface area contributed by atoms with Gasteiger partial charge in [0.15, 0.2) is 11.5 Å². The molecule has 0 atom stereocenters. The van der Waals surface area contributed by atoms with Gasteiger partial charge >= 0.3 is 0 Å². The monoisotopic (exact) mass is 282 g/mol. The molecular formula is C16H14N2O3. The van der Waals surface area contributed by atoms with Crippen LogP contribution in [-0.4, -0.2) is 17.9 Å². The summed E-state index contributed by atoms with van der Waals surface area (Å²) in [4.78, 5) is 14.8. The maximum absolute atomic E-state index is 10.8. The zero-order valence-electron chi connectivity index (χ0n) is 11.6. The smallest absolute Gasteiger partial charge is 0.161 e. The van der Waals surface area contributed by atoms with Crippen LogP contribution in [0.1, 0.15) is 28.5 Å². The molecule has 0 bridgehead atoms. The molecule has 21 heavy (non-hydrogen) atoms. The van der Waals surface area contributed by atoms with Crippen molar-refractivity contribution in [2.45, 2.75) is 13.5 Å². The highest BCUT2D eigenvalue weighted by molar-refractivity contribution is 5.76. The Hall–Kier alpha value is -2.87. The number of ether oxygens (including phenoxy) is 2. The lowest BCUT2D eigenvalue weighted by atomic mass is 10.2. The average molecular weight is 282 g/mol. The first-order chi connectivity index (χ1) is 10.3. The highest BCUT2D eigenvalue weighted by Gasteiger charge is 2.08. The van der Waals surface area contributed by atoms with Crippen LogP contribution in [0.15, 0.2) is 36.5 Å². The molecule has 0 aliphatic rings. The third-order valence-electron chi connectivity index (χ3n) is 2.78. The van der Waals surface area contributed by atoms with Crippen LogP contribution in [0.3, 0.4) is 0 Å². The lowest BCUT2D eigenvalue weighted by Gasteiger charge is -2.12. The van der Waals surface area contributed by atoms with E-state index in [9.17, 15) is 4.79 Å². The summed E-state index contributed by atoms with van der Waals surface area (Å²) in [5.74, 6) is 1.03. The SMILES string of the molecule is CCOc1cc(C=O)ccc1OCc1cccnc1C#N. The minimum atomic E-state index is 0.206. The second-order valence-corrected chi connectivity index (χ2v) is 4.17. The van der Waals surface area contributed by atoms with Crippen LogP contribution in [0, 0.1) is 11.3 Å². The summed E-state index contributed by atoms with van der Waals surface area (Å²) in [5.41, 5.74) is 1.55. The third kappa shape index (κ3) is 3.57. The van der Waals surface area contributed by atoms with Crippen LogP contribution in [0.2, 0.25) is 0 Å². The fourth-order valence-corrected chi connectivity index (χ4v) is 1.80. The lowest BCUT2D eigenvalue weighted by Crippen LogP contribution is -2.02. The maximum Gasteiger partial charge on any atom is 0.161 e. The number of aldehydes is 1. The summed E-state index contributed by atoms with van der Waals surface area (Å²) in [6, 6.07) is 10.5. The van der Waals surface area contributed by atoms with Crippen LogP contribution in [0.4, 0.5) is 0 Å². The standard InChI is InChI=1S/C16H14N2O3/c1-2-20-16-8-12(10-19)5-6-15(16)21-11-13-4-3-7-18-14(13)9-17/h3-8,10H,2,11H2,1H3. The van der Waals surface area contributed by atoms with E-state index >= 15 is 0 Å². The molecular weight excluding hydrogens is 268 g/mol. The molecule has 5 heteroatoms. The summed E-state index contributed by atoms with van der Waals surface area (Å²) >= 11 is 0. The molecule has 0 saturated heterocycles. The van der Waals surface area contributed by atoms with Gasteiger partial charge in [-0.2, -0.15) is 5.26 Å². The van der Waals surface area contributed by atoms with Gasteiger partial charge in [0.1, 0.15) is 24.7 Å². The quantitative estimate of drug-likeness (QED) is 0.762. The molecule has 0 radical (unpaired) electrons. The van der Waals surface area contributed by atoms with Crippen molar-refractivity contribution in [3.05, 3.63) is 53.3 Å². The molecule has 2 aromatic rings. The van der Waals surface area contributed by atoms with E-state index in [4.69, 9.17) is 14.7 Å². The molecule has 2 rings (SSSR count). The third-order valence-corrected chi connectivity index (χ3v) is 2.78. The Labute approximate surface area is 122 Å². The molecule has 0 unspecified atom stereocenters. The minimum Gasteiger partial charge on any atom is -0.490 e. The van der Waals surface area contributed by atoms with E-state index in [0.717, 1.165) is 6.29 Å². The summed E-state index contributed by atoms with van der Waals surface area (Å²) in [7, 11) is 0. The van der Waals surface area contributed by atoms with Crippen molar-refractivity contribution in [3.63, 3.8) is 0 Å². The van der Waals surface area contributed by atoms with Crippen molar-refractivity contribution < 1.29 is 14.3 Å². The van der Waals surface area contributed by atoms with Crippen molar-refractivity contribution in [1.82, 2.24) is 4.98 Å². The first-order valence-electron chi connectivity index (χ1n) is 6.47. The minimum absolute atomic E-state index is 0.206. The van der Waals surface area contributed by atoms with Gasteiger partial charge in [0.05, 0.1) is 6.61 Å². The number of rotatable bonds is 6. The zero-order chi connectivity index (χ0) is 15.1. The summed E-state index contributed by atoms with van der Waals surface area (Å²) in [6.07, 6.45) is 2.31. The van der Waals surface area contributed by atoms with E-state index in [1.165, 1.54) is 0 Å². The van der Waals surface area contributed by atoms with E-state index in [-0.39, 0.29) is 6.61 Å². The van der Waals surface area contributed by atoms with E-state index < -0.39 is 0 Å². The number of benzene rings is 1. The second-order valence-electron chi connectivity index (χ2n) is 4.17. The molecule has 1 heterocycles. The van der Waals surface area contributed by atoms with E-state index in [1.54, 1.807) is 36.5 Å². The molecule has 0 aliphatic carbocycles. The highest BCUT2D eigenvalue weighted by Crippen LogP contribution is 2.29. The second kappa shape index (κ2) is 7.06. The van der Waals surface area contributed by atoms with Crippen molar-refractivity contribution in [3.8, 4) is 17.6 Å². The van der Waals surface area contributed by atoms with Gasteiger partial charge in [-0.25, -0.2) is 4.98 Å². The predicted octanol–water partition coefficient (Wildman–Crippen LogP) is 2.74. The first kappa shape index (κ1) is 14.5. The van der Waals surface area contributed by atoms with Gasteiger partial charge in [0, 0.05) is 17.3 Å². The highest BCUT2D eigenvalue weighted by atomic mass is 16.5. The van der Waals surface area contributed by atoms with E-state index in [2.05, 4.69) is 4.98 Å². The number of hydrogen-bond acceptors (Lipinski definition) is 5. The van der Waals surface area contributed by atoms with Gasteiger partial charge < -0.3 is 9.47 Å². The number of nitriles is 1. The van der Waals surface area contributed by atoms with Gasteiger partial charge in [-0.05, 0) is 31.2 Å². The Morgan fingerprint density at radius 3 is 2.86 bits per heavy atom. The van der Waals surface area contributed by atoms with Crippen LogP contribution in [-0.2, 0) is 6.61 Å². The van der Waals surface area contributed by atoms with Crippen LogP contribution < -0.4 is 9.47 Å². The molecule has 0 fully saturated rings. The molecule has 0 spiro atoms. The predicted molar refractivity (Wildman–Crippen MR) is 76.3 cm³/mol. The molecule has 0 N–H and O–H groups in total. The van der Waals surface area contributed by atoms with Crippen LogP contribution >= 0.6 is 0 Å². The molecule has 5 nitrogen and oxygen atoms in total. The van der Waals surface area contributed by atoms with Crippen molar-refractivity contribution in [2.24, 2.45) is 0 Å². The van der Waals surface area contributed by atoms with Gasteiger partial charge in [-0.1, -0.05) is 6.07 Å². The number of nitrogens with zero attached hydrogens (tertiary/aromatic N) is 2. The topological polar surface area (TPSA) is 72.2 Å². The van der Waals surface area contributed by atoms with Gasteiger partial charge in [-0.3, -0.25) is 4.79 Å². The van der Waals surface area contributed by atoms with Gasteiger partial charge in [-0.15, -0.1) is 0 Å². The molecule has 106 valence electrons. The van der Waals surface area contributed by atoms with Crippen molar-refractivity contribution in [2.75, 3.05) is 6.61 Å². The Morgan fingerprint density at radius 1 is 1.29 bits per heavy atom. The van der Waals surface area contributed by atoms with Gasteiger partial charge in [0.25, 0.3) is 0 Å². The Morgan fingerprint density at radius 2 is 2.14 bits per heavy atom. The number of aromatic nitrogens is 1. The van der Waals surface area contributed by atoms with Gasteiger partial charge in [0.2, 0.25) is 0 Å². The zero-order valence-corrected chi connectivity index (χ0v) is 11.6. The average Bonchev–Trinajstić information content (AvgIpc) is 2.54. The largest absolute Gasteiger partial charge is 0.490 e. The number of carbonyl (C=O) groups excluding carboxylic acids is 1. The first-order valence-corrected chi connectivity index (χ1v) is 6.47. The fourth-order valence-electron chi connectivity index (χ4n) is 1.80. The normalized spacial score (nSPS) is 9.71. The van der Waals surface area contributed by atoms with Crippen molar-refractivity contribution >= 4 is 6.29 Å². The molecule has 0 amide bonds. The number of hydrogen-bond donors (Lipinski definition) is 0. The molecule has 0 saturated carbocycles. The fraction of sp³-hybridized carbons (Fsp3) is 0.188. The maximum atomic E-state index is 10.8. The lowest BCUT2D eigenvalue weighted by molar-refractivity contribution is 0.112. The summed E-state index contributed by atoms with van der Waals surface area (Å²) in [6.45, 7) is 2.53. The van der Waals surface area contributed by atoms with E-state index in [1.807, 2.05) is 13.0 Å². The molecule has 1 aromatic carbocycles. The summed E-state index contributed by atoms with van der Waals surface area (Å²) < 4.78 is 11.1. The van der Waals surface area contributed by atoms with Crippen LogP contribution in [0.5, 0.6) is 11.5 Å². The summed E-state index contributed by atoms with van der Waals surface area (Å²) in [5, 5.41) is 8.99. The van der Waals surface area contributed by atoms with E-state index in [0.29, 0.717) is 34.9 Å². The molecule has 1 aromatic heterocycles.